The van der Waals surface area contributed by atoms with E-state index in [2.05, 4.69) is 25.6 Å². The highest BCUT2D eigenvalue weighted by Crippen LogP contribution is 2.37. The summed E-state index contributed by atoms with van der Waals surface area (Å²) >= 11 is 0. The first-order valence-electron chi connectivity index (χ1n) is 13.6. The Hall–Kier alpha value is -3.73. The summed E-state index contributed by atoms with van der Waals surface area (Å²) in [6.07, 6.45) is -1.11. The zero-order chi connectivity index (χ0) is 29.0. The van der Waals surface area contributed by atoms with Crippen LogP contribution in [0.4, 0.5) is 37.8 Å². The number of anilines is 2. The number of benzene rings is 2. The van der Waals surface area contributed by atoms with Crippen molar-refractivity contribution in [2.24, 2.45) is 5.92 Å². The molecule has 0 saturated heterocycles. The van der Waals surface area contributed by atoms with E-state index in [1.807, 2.05) is 0 Å². The number of nitrogens with one attached hydrogen (secondary N) is 2. The minimum Gasteiger partial charge on any atom is -0.340 e. The van der Waals surface area contributed by atoms with E-state index < -0.39 is 23.5 Å². The standard InChI is InChI=1S/C30H29F6N5/c31-29(32,33)21-9-11-22(12-10-21)39-28-23-13-8-20(27-24(30(34,35)36)7-4-15-38-27)17-25(23)40-26(41-28)14-16-37-18-19-5-2-1-3-6-19/h4,7-13,15,17,19,37H,1-3,5-6,14,16,18H2,(H,39,40,41). The van der Waals surface area contributed by atoms with E-state index in [9.17, 15) is 26.3 Å². The van der Waals surface area contributed by atoms with Gasteiger partial charge in [0.05, 0.1) is 22.3 Å². The van der Waals surface area contributed by atoms with Gasteiger partial charge in [0.1, 0.15) is 11.6 Å². The minimum absolute atomic E-state index is 0.214. The minimum atomic E-state index is -4.59. The first-order chi connectivity index (χ1) is 19.6. The lowest BCUT2D eigenvalue weighted by Gasteiger charge is -2.21. The van der Waals surface area contributed by atoms with E-state index in [0.29, 0.717) is 47.1 Å². The van der Waals surface area contributed by atoms with Gasteiger partial charge in [0.25, 0.3) is 0 Å². The molecule has 1 fully saturated rings. The van der Waals surface area contributed by atoms with Crippen molar-refractivity contribution in [2.75, 3.05) is 18.4 Å². The fourth-order valence-electron chi connectivity index (χ4n) is 5.17. The van der Waals surface area contributed by atoms with Gasteiger partial charge in [-0.25, -0.2) is 9.97 Å². The van der Waals surface area contributed by atoms with Crippen LogP contribution in [0, 0.1) is 5.92 Å². The predicted molar refractivity (Wildman–Crippen MR) is 146 cm³/mol. The Bertz CT molecular complexity index is 1480. The molecule has 0 radical (unpaired) electrons. The van der Waals surface area contributed by atoms with Crippen LogP contribution in [-0.2, 0) is 18.8 Å². The van der Waals surface area contributed by atoms with Crippen LogP contribution in [-0.4, -0.2) is 28.0 Å². The largest absolute Gasteiger partial charge is 0.418 e. The molecule has 2 aromatic heterocycles. The SMILES string of the molecule is FC(F)(F)c1ccc(Nc2nc(CCNCC3CCCCC3)nc3cc(-c4ncccc4C(F)(F)F)ccc23)cc1. The van der Waals surface area contributed by atoms with Crippen LogP contribution in [0.25, 0.3) is 22.2 Å². The van der Waals surface area contributed by atoms with Crippen LogP contribution in [0.1, 0.15) is 49.1 Å². The highest BCUT2D eigenvalue weighted by molar-refractivity contribution is 5.93. The third kappa shape index (κ3) is 7.13. The molecular formula is C30H29F6N5. The Balaban J connectivity index is 1.46. The number of halogens is 6. The second kappa shape index (κ2) is 12.0. The van der Waals surface area contributed by atoms with Gasteiger partial charge in [-0.15, -0.1) is 0 Å². The Labute approximate surface area is 233 Å². The summed E-state index contributed by atoms with van der Waals surface area (Å²) in [5, 5.41) is 7.04. The van der Waals surface area contributed by atoms with Crippen molar-refractivity contribution in [1.29, 1.82) is 0 Å². The molecule has 0 atom stereocenters. The second-order valence-electron chi connectivity index (χ2n) is 10.3. The number of nitrogens with zero attached hydrogens (tertiary/aromatic N) is 3. The fourth-order valence-corrected chi connectivity index (χ4v) is 5.17. The number of alkyl halides is 6. The third-order valence-electron chi connectivity index (χ3n) is 7.29. The first kappa shape index (κ1) is 28.8. The summed E-state index contributed by atoms with van der Waals surface area (Å²) in [5.74, 6) is 1.44. The summed E-state index contributed by atoms with van der Waals surface area (Å²) in [4.78, 5) is 13.3. The van der Waals surface area contributed by atoms with Crippen LogP contribution in [0.3, 0.4) is 0 Å². The van der Waals surface area contributed by atoms with Gasteiger partial charge in [-0.3, -0.25) is 4.98 Å². The van der Waals surface area contributed by atoms with Gasteiger partial charge in [-0.1, -0.05) is 25.3 Å². The second-order valence-corrected chi connectivity index (χ2v) is 10.3. The Morgan fingerprint density at radius 3 is 2.29 bits per heavy atom. The number of hydrogen-bond donors (Lipinski definition) is 2. The van der Waals surface area contributed by atoms with Crippen LogP contribution in [0.5, 0.6) is 0 Å². The number of fused-ring (bicyclic) bond motifs is 1. The van der Waals surface area contributed by atoms with Crippen molar-refractivity contribution in [3.05, 3.63) is 77.7 Å². The molecule has 2 N–H and O–H groups in total. The van der Waals surface area contributed by atoms with Crippen molar-refractivity contribution in [2.45, 2.75) is 50.9 Å². The van der Waals surface area contributed by atoms with Gasteiger partial charge < -0.3 is 10.6 Å². The number of aromatic nitrogens is 3. The molecule has 0 amide bonds. The molecular weight excluding hydrogens is 544 g/mol. The van der Waals surface area contributed by atoms with Crippen molar-refractivity contribution in [3.63, 3.8) is 0 Å². The normalized spacial score (nSPS) is 14.9. The number of rotatable bonds is 8. The van der Waals surface area contributed by atoms with E-state index in [1.54, 1.807) is 6.07 Å². The van der Waals surface area contributed by atoms with Crippen molar-refractivity contribution in [3.8, 4) is 11.3 Å². The maximum Gasteiger partial charge on any atom is 0.418 e. The van der Waals surface area contributed by atoms with Crippen LogP contribution >= 0.6 is 0 Å². The van der Waals surface area contributed by atoms with Gasteiger partial charge in [-0.05, 0) is 73.8 Å². The smallest absolute Gasteiger partial charge is 0.340 e. The Kier molecular flexibility index (Phi) is 8.44. The van der Waals surface area contributed by atoms with Crippen molar-refractivity contribution < 1.29 is 26.3 Å². The van der Waals surface area contributed by atoms with E-state index in [1.165, 1.54) is 68.6 Å². The molecule has 4 aromatic rings. The summed E-state index contributed by atoms with van der Waals surface area (Å²) in [6, 6.07) is 11.4. The lowest BCUT2D eigenvalue weighted by molar-refractivity contribution is -0.138. The molecule has 2 aromatic carbocycles. The summed E-state index contributed by atoms with van der Waals surface area (Å²) in [6.45, 7) is 1.51. The van der Waals surface area contributed by atoms with Gasteiger partial charge in [0, 0.05) is 35.8 Å². The predicted octanol–water partition coefficient (Wildman–Crippen LogP) is 8.19. The molecule has 2 heterocycles. The number of hydrogen-bond acceptors (Lipinski definition) is 5. The molecule has 11 heteroatoms. The van der Waals surface area contributed by atoms with Crippen LogP contribution in [0.15, 0.2) is 60.8 Å². The van der Waals surface area contributed by atoms with E-state index >= 15 is 0 Å². The maximum atomic E-state index is 13.7. The van der Waals surface area contributed by atoms with Crippen LogP contribution < -0.4 is 10.6 Å². The first-order valence-corrected chi connectivity index (χ1v) is 13.6. The highest BCUT2D eigenvalue weighted by atomic mass is 19.4. The molecule has 0 unspecified atom stereocenters. The topological polar surface area (TPSA) is 62.7 Å². The summed E-state index contributed by atoms with van der Waals surface area (Å²) < 4.78 is 80.1. The molecule has 1 saturated carbocycles. The zero-order valence-corrected chi connectivity index (χ0v) is 22.1. The van der Waals surface area contributed by atoms with Crippen molar-refractivity contribution in [1.82, 2.24) is 20.3 Å². The van der Waals surface area contributed by atoms with Crippen molar-refractivity contribution >= 4 is 22.4 Å². The molecule has 41 heavy (non-hydrogen) atoms. The van der Waals surface area contributed by atoms with Gasteiger partial charge in [-0.2, -0.15) is 26.3 Å². The lowest BCUT2D eigenvalue weighted by atomic mass is 9.89. The summed E-state index contributed by atoms with van der Waals surface area (Å²) in [7, 11) is 0. The quantitative estimate of drug-likeness (QED) is 0.164. The van der Waals surface area contributed by atoms with Gasteiger partial charge in [0.15, 0.2) is 0 Å². The van der Waals surface area contributed by atoms with Crippen LogP contribution in [0.2, 0.25) is 0 Å². The zero-order valence-electron chi connectivity index (χ0n) is 22.1. The maximum absolute atomic E-state index is 13.7. The molecule has 5 nitrogen and oxygen atoms in total. The molecule has 0 spiro atoms. The van der Waals surface area contributed by atoms with Gasteiger partial charge in [0.2, 0.25) is 0 Å². The lowest BCUT2D eigenvalue weighted by Crippen LogP contribution is -2.26. The van der Waals surface area contributed by atoms with E-state index in [4.69, 9.17) is 0 Å². The average molecular weight is 574 g/mol. The monoisotopic (exact) mass is 573 g/mol. The van der Waals surface area contributed by atoms with E-state index in [0.717, 1.165) is 24.7 Å². The highest BCUT2D eigenvalue weighted by Gasteiger charge is 2.34. The molecule has 0 bridgehead atoms. The third-order valence-corrected chi connectivity index (χ3v) is 7.29. The number of pyridine rings is 1. The van der Waals surface area contributed by atoms with E-state index in [-0.39, 0.29) is 11.3 Å². The average Bonchev–Trinajstić information content (AvgIpc) is 2.95. The Morgan fingerprint density at radius 2 is 1.59 bits per heavy atom. The molecule has 1 aliphatic carbocycles. The fraction of sp³-hybridized carbons (Fsp3) is 0.367. The Morgan fingerprint density at radius 1 is 0.829 bits per heavy atom. The molecule has 0 aliphatic heterocycles. The molecule has 216 valence electrons. The van der Waals surface area contributed by atoms with Gasteiger partial charge >= 0.3 is 12.4 Å². The summed E-state index contributed by atoms with van der Waals surface area (Å²) in [5.41, 5.74) is -0.829. The molecule has 5 rings (SSSR count). The molecule has 1 aliphatic rings.